The van der Waals surface area contributed by atoms with E-state index in [0.29, 0.717) is 18.2 Å². The van der Waals surface area contributed by atoms with Crippen LogP contribution in [-0.4, -0.2) is 29.1 Å². The normalized spacial score (nSPS) is 18.3. The van der Waals surface area contributed by atoms with Crippen LogP contribution >= 0.6 is 0 Å². The van der Waals surface area contributed by atoms with E-state index in [1.807, 2.05) is 31.5 Å². The fraction of sp³-hybridized carbons (Fsp3) is 0.235. The number of methoxy groups -OCH3 is 1. The fourth-order valence-electron chi connectivity index (χ4n) is 2.41. The lowest BCUT2D eigenvalue weighted by molar-refractivity contribution is 0.0600. The van der Waals surface area contributed by atoms with E-state index in [9.17, 15) is 4.79 Å². The van der Waals surface area contributed by atoms with Gasteiger partial charge in [0.05, 0.1) is 26.3 Å². The number of carbonyl (C=O) groups is 1. The van der Waals surface area contributed by atoms with Gasteiger partial charge in [-0.3, -0.25) is 9.67 Å². The van der Waals surface area contributed by atoms with Crippen LogP contribution in [-0.2, 0) is 11.8 Å². The van der Waals surface area contributed by atoms with Crippen LogP contribution in [0.2, 0.25) is 0 Å². The third-order valence-corrected chi connectivity index (χ3v) is 3.61. The smallest absolute Gasteiger partial charge is 0.337 e. The summed E-state index contributed by atoms with van der Waals surface area (Å²) in [6.45, 7) is 0. The molecule has 0 spiro atoms. The largest absolute Gasteiger partial charge is 0.465 e. The van der Waals surface area contributed by atoms with Gasteiger partial charge in [0.2, 0.25) is 0 Å². The number of nitrogens with zero attached hydrogens (tertiary/aromatic N) is 3. The molecule has 22 heavy (non-hydrogen) atoms. The van der Waals surface area contributed by atoms with Gasteiger partial charge in [-0.2, -0.15) is 5.10 Å². The number of aromatic nitrogens is 2. The van der Waals surface area contributed by atoms with Crippen LogP contribution in [0, 0.1) is 0 Å². The minimum Gasteiger partial charge on any atom is -0.465 e. The van der Waals surface area contributed by atoms with Gasteiger partial charge in [-0.15, -0.1) is 0 Å². The number of rotatable bonds is 3. The Balaban J connectivity index is 1.90. The molecule has 5 heteroatoms. The standard InChI is InChI=1S/C17H17N3O2/c1-20-11-15(10-19-20)14-7-8-18-16(9-14)12-3-5-13(6-4-12)17(21)22-2/h3-6,8-11,16H,7H2,1-2H3/t16-/m0/s1/i8D. The Morgan fingerprint density at radius 3 is 2.82 bits per heavy atom. The summed E-state index contributed by atoms with van der Waals surface area (Å²) in [5.41, 5.74) is 3.48. The second-order valence-corrected chi connectivity index (χ2v) is 5.12. The molecule has 1 aliphatic rings. The summed E-state index contributed by atoms with van der Waals surface area (Å²) in [4.78, 5) is 15.9. The third-order valence-electron chi connectivity index (χ3n) is 3.61. The lowest BCUT2D eigenvalue weighted by atomic mass is 9.97. The quantitative estimate of drug-likeness (QED) is 0.818. The molecule has 3 rings (SSSR count). The number of ether oxygens (including phenoxy) is 1. The van der Waals surface area contributed by atoms with Crippen molar-refractivity contribution in [1.82, 2.24) is 9.78 Å². The Morgan fingerprint density at radius 2 is 2.18 bits per heavy atom. The molecule has 1 atom stereocenters. The van der Waals surface area contributed by atoms with Crippen LogP contribution in [0.3, 0.4) is 0 Å². The van der Waals surface area contributed by atoms with E-state index in [4.69, 9.17) is 6.11 Å². The molecule has 0 saturated heterocycles. The Kier molecular flexibility index (Phi) is 3.53. The summed E-state index contributed by atoms with van der Waals surface area (Å²) < 4.78 is 14.4. The summed E-state index contributed by atoms with van der Waals surface area (Å²) in [6.07, 6.45) is 6.61. The highest BCUT2D eigenvalue weighted by atomic mass is 16.5. The molecule has 5 nitrogen and oxygen atoms in total. The Labute approximate surface area is 130 Å². The lowest BCUT2D eigenvalue weighted by Gasteiger charge is -2.15. The first-order valence-electron chi connectivity index (χ1n) is 7.48. The van der Waals surface area contributed by atoms with Crippen molar-refractivity contribution in [3.8, 4) is 0 Å². The number of hydrogen-bond acceptors (Lipinski definition) is 4. The van der Waals surface area contributed by atoms with Gasteiger partial charge in [0.15, 0.2) is 0 Å². The van der Waals surface area contributed by atoms with Gasteiger partial charge in [-0.1, -0.05) is 18.2 Å². The second kappa shape index (κ2) is 5.97. The molecule has 1 aromatic carbocycles. The van der Waals surface area contributed by atoms with E-state index in [-0.39, 0.29) is 12.0 Å². The molecule has 2 aromatic rings. The zero-order valence-electron chi connectivity index (χ0n) is 13.5. The zero-order valence-corrected chi connectivity index (χ0v) is 12.5. The molecule has 2 heterocycles. The van der Waals surface area contributed by atoms with Crippen molar-refractivity contribution in [3.63, 3.8) is 0 Å². The monoisotopic (exact) mass is 296 g/mol. The first-order chi connectivity index (χ1) is 11.1. The number of aliphatic imine (C=N–C) groups is 1. The Hall–Kier alpha value is -2.69. The molecule has 0 unspecified atom stereocenters. The van der Waals surface area contributed by atoms with E-state index in [2.05, 4.69) is 10.1 Å². The lowest BCUT2D eigenvalue weighted by Crippen LogP contribution is -2.03. The van der Waals surface area contributed by atoms with Gasteiger partial charge >= 0.3 is 5.97 Å². The number of allylic oxidation sites excluding steroid dienone is 1. The average molecular weight is 296 g/mol. The summed E-state index contributed by atoms with van der Waals surface area (Å²) in [7, 11) is 3.22. The van der Waals surface area contributed by atoms with Crippen LogP contribution in [0.15, 0.2) is 47.7 Å². The van der Waals surface area contributed by atoms with E-state index in [1.165, 1.54) is 7.11 Å². The molecule has 0 aliphatic carbocycles. The first kappa shape index (κ1) is 13.0. The van der Waals surface area contributed by atoms with Crippen molar-refractivity contribution in [2.24, 2.45) is 12.0 Å². The fourth-order valence-corrected chi connectivity index (χ4v) is 2.41. The highest BCUT2D eigenvalue weighted by molar-refractivity contribution is 5.89. The highest BCUT2D eigenvalue weighted by Gasteiger charge is 2.15. The maximum absolute atomic E-state index is 11.5. The number of aryl methyl sites for hydroxylation is 1. The maximum Gasteiger partial charge on any atom is 0.337 e. The number of benzene rings is 1. The number of dihydropyridines is 1. The van der Waals surface area contributed by atoms with Crippen LogP contribution in [0.4, 0.5) is 0 Å². The molecular weight excluding hydrogens is 278 g/mol. The van der Waals surface area contributed by atoms with Crippen LogP contribution in [0.1, 0.15) is 35.3 Å². The molecule has 112 valence electrons. The number of carbonyl (C=O) groups excluding carboxylic acids is 1. The van der Waals surface area contributed by atoms with Gasteiger partial charge in [0.1, 0.15) is 0 Å². The predicted octanol–water partition coefficient (Wildman–Crippen LogP) is 2.81. The van der Waals surface area contributed by atoms with Gasteiger partial charge in [-0.05, 0) is 23.3 Å². The minimum absolute atomic E-state index is 0.224. The molecule has 0 N–H and O–H groups in total. The molecule has 0 radical (unpaired) electrons. The van der Waals surface area contributed by atoms with E-state index >= 15 is 0 Å². The second-order valence-electron chi connectivity index (χ2n) is 5.12. The van der Waals surface area contributed by atoms with Gasteiger partial charge in [0, 0.05) is 31.4 Å². The zero-order chi connectivity index (χ0) is 16.4. The summed E-state index contributed by atoms with van der Waals surface area (Å²) >= 11 is 0. The van der Waals surface area contributed by atoms with Gasteiger partial charge in [0.25, 0.3) is 0 Å². The van der Waals surface area contributed by atoms with E-state index < -0.39 is 0 Å². The molecule has 1 aromatic heterocycles. The van der Waals surface area contributed by atoms with Crippen molar-refractivity contribution in [2.75, 3.05) is 7.11 Å². The van der Waals surface area contributed by atoms with E-state index in [0.717, 1.165) is 16.7 Å². The molecule has 1 aliphatic heterocycles. The van der Waals surface area contributed by atoms with Crippen LogP contribution in [0.5, 0.6) is 0 Å². The third kappa shape index (κ3) is 2.83. The molecule has 0 saturated carbocycles. The average Bonchev–Trinajstić information content (AvgIpc) is 3.00. The first-order valence-corrected chi connectivity index (χ1v) is 6.98. The van der Waals surface area contributed by atoms with Gasteiger partial charge < -0.3 is 4.74 Å². The van der Waals surface area contributed by atoms with Crippen molar-refractivity contribution in [1.29, 1.82) is 0 Å². The Morgan fingerprint density at radius 1 is 1.41 bits per heavy atom. The van der Waals surface area contributed by atoms with Crippen molar-refractivity contribution in [2.45, 2.75) is 12.5 Å². The summed E-state index contributed by atoms with van der Waals surface area (Å²) in [5.74, 6) is -0.364. The molecular formula is C17H17N3O2. The van der Waals surface area contributed by atoms with Crippen LogP contribution < -0.4 is 0 Å². The molecule has 0 bridgehead atoms. The molecule has 0 fully saturated rings. The highest BCUT2D eigenvalue weighted by Crippen LogP contribution is 2.29. The summed E-state index contributed by atoms with van der Waals surface area (Å²) in [5, 5.41) is 4.18. The predicted molar refractivity (Wildman–Crippen MR) is 84.8 cm³/mol. The number of esters is 1. The number of hydrogen-bond donors (Lipinski definition) is 0. The van der Waals surface area contributed by atoms with Crippen molar-refractivity contribution in [3.05, 3.63) is 59.4 Å². The Bertz CT molecular complexity index is 790. The maximum atomic E-state index is 11.5. The summed E-state index contributed by atoms with van der Waals surface area (Å²) in [6, 6.07) is 6.89. The van der Waals surface area contributed by atoms with E-state index in [1.54, 1.807) is 23.0 Å². The molecule has 0 amide bonds. The van der Waals surface area contributed by atoms with Crippen molar-refractivity contribution < 1.29 is 10.9 Å². The minimum atomic E-state index is -0.364. The van der Waals surface area contributed by atoms with Crippen LogP contribution in [0.25, 0.3) is 5.57 Å². The van der Waals surface area contributed by atoms with Gasteiger partial charge in [-0.25, -0.2) is 4.79 Å². The van der Waals surface area contributed by atoms with Crippen molar-refractivity contribution >= 4 is 17.7 Å². The SMILES string of the molecule is [2H]C1=N[C@H](c2ccc(C(=O)OC)cc2)C=C(c2cnn(C)c2)C1. The topological polar surface area (TPSA) is 56.5 Å².